The zero-order chi connectivity index (χ0) is 19.9. The van der Waals surface area contributed by atoms with Crippen molar-refractivity contribution < 1.29 is 23.9 Å². The van der Waals surface area contributed by atoms with Crippen molar-refractivity contribution in [3.8, 4) is 6.07 Å². The lowest BCUT2D eigenvalue weighted by atomic mass is 10.0. The Morgan fingerprint density at radius 3 is 2.27 bits per heavy atom. The van der Waals surface area contributed by atoms with Gasteiger partial charge in [-0.25, -0.2) is 9.59 Å². The molecule has 0 bridgehead atoms. The van der Waals surface area contributed by atoms with E-state index in [0.29, 0.717) is 5.69 Å². The number of ketones is 1. The van der Waals surface area contributed by atoms with Gasteiger partial charge in [-0.2, -0.15) is 5.26 Å². The lowest BCUT2D eigenvalue weighted by molar-refractivity contribution is -0.122. The van der Waals surface area contributed by atoms with Gasteiger partial charge in [0.1, 0.15) is 11.5 Å². The number of nitrogens with zero attached hydrogens (tertiary/aromatic N) is 1. The predicted octanol–water partition coefficient (Wildman–Crippen LogP) is 2.94. The van der Waals surface area contributed by atoms with E-state index in [2.05, 4.69) is 5.32 Å². The summed E-state index contributed by atoms with van der Waals surface area (Å²) in [6, 6.07) is 7.51. The minimum atomic E-state index is -1.22. The maximum atomic E-state index is 11.9. The average molecular weight is 359 g/mol. The fraction of sp³-hybridized carbons (Fsp3) is 0.389. The minimum absolute atomic E-state index is 0.105. The lowest BCUT2D eigenvalue weighted by Gasteiger charge is -2.19. The van der Waals surface area contributed by atoms with Crippen LogP contribution in [0.3, 0.4) is 0 Å². The van der Waals surface area contributed by atoms with Gasteiger partial charge in [-0.15, -0.1) is 0 Å². The van der Waals surface area contributed by atoms with E-state index in [1.807, 2.05) is 0 Å². The molecule has 0 saturated heterocycles. The Hall–Kier alpha value is -3.21. The molecule has 138 valence electrons. The molecule has 26 heavy (non-hydrogen) atoms. The highest BCUT2D eigenvalue weighted by Gasteiger charge is 2.22. The van der Waals surface area contributed by atoms with E-state index in [4.69, 9.17) is 20.1 Å². The number of carbonyl (C=O) groups is 3. The van der Waals surface area contributed by atoms with Crippen LogP contribution in [-0.2, 0) is 14.3 Å². The molecule has 0 aromatic heterocycles. The summed E-state index contributed by atoms with van der Waals surface area (Å²) < 4.78 is 9.98. The third-order valence-electron chi connectivity index (χ3n) is 3.00. The van der Waals surface area contributed by atoms with Crippen LogP contribution >= 0.6 is 0 Å². The molecule has 0 aliphatic carbocycles. The first-order valence-electron chi connectivity index (χ1n) is 7.78. The number of Topliss-reactive ketones (excluding diaryl/α,β-unsaturated/α-hetero) is 1. The molecule has 8 nitrogen and oxygen atoms in total. The Morgan fingerprint density at radius 2 is 1.81 bits per heavy atom. The third kappa shape index (κ3) is 6.73. The van der Waals surface area contributed by atoms with Crippen molar-refractivity contribution in [3.05, 3.63) is 29.8 Å². The SMILES string of the molecule is CC(=N)C(C#N)C(=O)COC(=O)c1ccc(NC(=O)OC(C)(C)C)cc1. The molecule has 0 radical (unpaired) electrons. The molecule has 1 rings (SSSR count). The Labute approximate surface area is 151 Å². The van der Waals surface area contributed by atoms with E-state index in [0.717, 1.165) is 0 Å². The molecule has 0 fully saturated rings. The van der Waals surface area contributed by atoms with Crippen LogP contribution in [0.25, 0.3) is 0 Å². The Kier molecular flexibility index (Phi) is 7.02. The van der Waals surface area contributed by atoms with Crippen molar-refractivity contribution in [2.24, 2.45) is 5.92 Å². The van der Waals surface area contributed by atoms with Crippen molar-refractivity contribution in [2.75, 3.05) is 11.9 Å². The van der Waals surface area contributed by atoms with Crippen LogP contribution in [-0.4, -0.2) is 35.8 Å². The quantitative estimate of drug-likeness (QED) is 0.593. The molecule has 0 aliphatic rings. The third-order valence-corrected chi connectivity index (χ3v) is 3.00. The number of nitrogens with one attached hydrogen (secondary N) is 2. The van der Waals surface area contributed by atoms with Crippen LogP contribution in [0.4, 0.5) is 10.5 Å². The maximum Gasteiger partial charge on any atom is 0.412 e. The van der Waals surface area contributed by atoms with Gasteiger partial charge in [-0.05, 0) is 52.0 Å². The molecule has 1 unspecified atom stereocenters. The van der Waals surface area contributed by atoms with Crippen LogP contribution in [0.5, 0.6) is 0 Å². The highest BCUT2D eigenvalue weighted by atomic mass is 16.6. The van der Waals surface area contributed by atoms with E-state index in [-0.39, 0.29) is 11.3 Å². The number of esters is 1. The normalized spacial score (nSPS) is 11.7. The molecule has 1 amide bonds. The highest BCUT2D eigenvalue weighted by molar-refractivity contribution is 6.06. The second kappa shape index (κ2) is 8.76. The summed E-state index contributed by atoms with van der Waals surface area (Å²) in [5.41, 5.74) is -0.133. The van der Waals surface area contributed by atoms with Gasteiger partial charge < -0.3 is 14.9 Å². The number of nitriles is 1. The number of anilines is 1. The van der Waals surface area contributed by atoms with Crippen LogP contribution < -0.4 is 5.32 Å². The van der Waals surface area contributed by atoms with Gasteiger partial charge >= 0.3 is 12.1 Å². The minimum Gasteiger partial charge on any atom is -0.454 e. The molecule has 0 saturated carbocycles. The first-order chi connectivity index (χ1) is 12.0. The summed E-state index contributed by atoms with van der Waals surface area (Å²) in [6.07, 6.45) is -0.622. The highest BCUT2D eigenvalue weighted by Crippen LogP contribution is 2.13. The Bertz CT molecular complexity index is 742. The average Bonchev–Trinajstić information content (AvgIpc) is 2.51. The van der Waals surface area contributed by atoms with E-state index in [1.165, 1.54) is 31.2 Å². The summed E-state index contributed by atoms with van der Waals surface area (Å²) in [5, 5.41) is 18.7. The van der Waals surface area contributed by atoms with Crippen molar-refractivity contribution in [1.29, 1.82) is 10.7 Å². The fourth-order valence-corrected chi connectivity index (χ4v) is 1.82. The van der Waals surface area contributed by atoms with Crippen molar-refractivity contribution in [1.82, 2.24) is 0 Å². The summed E-state index contributed by atoms with van der Waals surface area (Å²) in [6.45, 7) is 5.96. The predicted molar refractivity (Wildman–Crippen MR) is 94.1 cm³/mol. The Morgan fingerprint density at radius 1 is 1.23 bits per heavy atom. The maximum absolute atomic E-state index is 11.9. The second-order valence-electron chi connectivity index (χ2n) is 6.49. The second-order valence-corrected chi connectivity index (χ2v) is 6.49. The summed E-state index contributed by atoms with van der Waals surface area (Å²) >= 11 is 0. The standard InChI is InChI=1S/C18H21N3O5/c1-11(20)14(9-19)15(22)10-25-16(23)12-5-7-13(8-6-12)21-17(24)26-18(2,3)4/h5-8,14,20H,10H2,1-4H3,(H,21,24). The van der Waals surface area contributed by atoms with E-state index in [1.54, 1.807) is 26.8 Å². The first kappa shape index (κ1) is 20.8. The number of benzene rings is 1. The van der Waals surface area contributed by atoms with Crippen molar-refractivity contribution in [3.63, 3.8) is 0 Å². The number of hydrogen-bond acceptors (Lipinski definition) is 7. The number of amides is 1. The topological polar surface area (TPSA) is 129 Å². The summed E-state index contributed by atoms with van der Waals surface area (Å²) in [4.78, 5) is 35.3. The molecular formula is C18H21N3O5. The van der Waals surface area contributed by atoms with Gasteiger partial charge in [-0.1, -0.05) is 0 Å². The zero-order valence-electron chi connectivity index (χ0n) is 15.1. The van der Waals surface area contributed by atoms with Gasteiger partial charge in [0.15, 0.2) is 12.4 Å². The van der Waals surface area contributed by atoms with Gasteiger partial charge in [0.05, 0.1) is 11.6 Å². The van der Waals surface area contributed by atoms with Crippen LogP contribution in [0.15, 0.2) is 24.3 Å². The summed E-state index contributed by atoms with van der Waals surface area (Å²) in [7, 11) is 0. The molecule has 0 aliphatic heterocycles. The molecule has 8 heteroatoms. The molecule has 0 spiro atoms. The smallest absolute Gasteiger partial charge is 0.412 e. The first-order valence-corrected chi connectivity index (χ1v) is 7.78. The summed E-state index contributed by atoms with van der Waals surface area (Å²) in [5.74, 6) is -2.62. The van der Waals surface area contributed by atoms with Crippen molar-refractivity contribution >= 4 is 29.2 Å². The van der Waals surface area contributed by atoms with E-state index in [9.17, 15) is 14.4 Å². The van der Waals surface area contributed by atoms with Gasteiger partial charge in [0.25, 0.3) is 0 Å². The molecule has 1 aromatic rings. The van der Waals surface area contributed by atoms with E-state index < -0.39 is 36.0 Å². The number of ether oxygens (including phenoxy) is 2. The fourth-order valence-electron chi connectivity index (χ4n) is 1.82. The molecule has 0 heterocycles. The van der Waals surface area contributed by atoms with Gasteiger partial charge in [0, 0.05) is 11.4 Å². The van der Waals surface area contributed by atoms with Crippen LogP contribution in [0, 0.1) is 22.7 Å². The number of rotatable bonds is 6. The molecule has 1 aromatic carbocycles. The lowest BCUT2D eigenvalue weighted by Crippen LogP contribution is -2.27. The molecular weight excluding hydrogens is 338 g/mol. The zero-order valence-corrected chi connectivity index (χ0v) is 15.1. The Balaban J connectivity index is 2.62. The van der Waals surface area contributed by atoms with Crippen molar-refractivity contribution in [2.45, 2.75) is 33.3 Å². The van der Waals surface area contributed by atoms with E-state index >= 15 is 0 Å². The van der Waals surface area contributed by atoms with Crippen LogP contribution in [0.2, 0.25) is 0 Å². The van der Waals surface area contributed by atoms with Gasteiger partial charge in [0.2, 0.25) is 0 Å². The number of hydrogen-bond donors (Lipinski definition) is 2. The molecule has 2 N–H and O–H groups in total. The van der Waals surface area contributed by atoms with Gasteiger partial charge in [-0.3, -0.25) is 10.1 Å². The molecule has 1 atom stereocenters. The largest absolute Gasteiger partial charge is 0.454 e. The monoisotopic (exact) mass is 359 g/mol. The van der Waals surface area contributed by atoms with Crippen LogP contribution in [0.1, 0.15) is 38.1 Å². The number of carbonyl (C=O) groups excluding carboxylic acids is 3.